The third-order valence-corrected chi connectivity index (χ3v) is 7.47. The van der Waals surface area contributed by atoms with Gasteiger partial charge in [-0.25, -0.2) is 4.79 Å². The summed E-state index contributed by atoms with van der Waals surface area (Å²) in [5.41, 5.74) is 1.67. The maximum absolute atomic E-state index is 13.4. The van der Waals surface area contributed by atoms with Crippen molar-refractivity contribution < 1.29 is 14.3 Å². The highest BCUT2D eigenvalue weighted by Gasteiger charge is 2.47. The number of fused-ring (bicyclic) bond motifs is 1. The number of carbonyl (C=O) groups excluding carboxylic acids is 1. The Kier molecular flexibility index (Phi) is 5.82. The van der Waals surface area contributed by atoms with E-state index >= 15 is 0 Å². The molecule has 0 bridgehead atoms. The van der Waals surface area contributed by atoms with Gasteiger partial charge in [0.05, 0.1) is 6.54 Å². The number of hydrogen-bond donors (Lipinski definition) is 1. The highest BCUT2D eigenvalue weighted by atomic mass is 16.6. The van der Waals surface area contributed by atoms with Crippen molar-refractivity contribution in [3.05, 3.63) is 96.1 Å². The molecule has 35 heavy (non-hydrogen) atoms. The van der Waals surface area contributed by atoms with E-state index in [1.807, 2.05) is 60.7 Å². The fraction of sp³-hybridized carbons (Fsp3) is 0.345. The van der Waals surface area contributed by atoms with Crippen LogP contribution in [0.2, 0.25) is 0 Å². The number of nitrogens with zero attached hydrogens (tertiary/aromatic N) is 2. The number of benzene rings is 3. The summed E-state index contributed by atoms with van der Waals surface area (Å²) >= 11 is 0. The zero-order chi connectivity index (χ0) is 23.7. The summed E-state index contributed by atoms with van der Waals surface area (Å²) in [4.78, 5) is 17.9. The van der Waals surface area contributed by atoms with Crippen molar-refractivity contribution in [2.24, 2.45) is 0 Å². The molecule has 0 aliphatic carbocycles. The molecule has 0 saturated carbocycles. The summed E-state index contributed by atoms with van der Waals surface area (Å²) in [5.74, 6) is 1.62. The van der Waals surface area contributed by atoms with Crippen LogP contribution in [0, 0.1) is 0 Å². The van der Waals surface area contributed by atoms with Crippen molar-refractivity contribution in [3.63, 3.8) is 0 Å². The van der Waals surface area contributed by atoms with Crippen molar-refractivity contribution in [1.29, 1.82) is 0 Å². The van der Waals surface area contributed by atoms with E-state index in [4.69, 9.17) is 9.47 Å². The number of ether oxygens (including phenoxy) is 2. The second-order valence-electron chi connectivity index (χ2n) is 9.75. The SMILES string of the molecule is O=C1NC(c2ccccc2)(c2ccccc2)CN1[C@H]1CCCN(C[C@H]2COc3ccccc3O2)C1. The number of urea groups is 1. The molecule has 3 aromatic carbocycles. The van der Waals surface area contributed by atoms with E-state index in [1.54, 1.807) is 0 Å². The smallest absolute Gasteiger partial charge is 0.318 e. The van der Waals surface area contributed by atoms with Crippen LogP contribution < -0.4 is 14.8 Å². The molecule has 1 N–H and O–H groups in total. The molecule has 0 aromatic heterocycles. The van der Waals surface area contributed by atoms with Crippen LogP contribution in [-0.2, 0) is 5.54 Å². The van der Waals surface area contributed by atoms with Crippen molar-refractivity contribution in [1.82, 2.24) is 15.1 Å². The van der Waals surface area contributed by atoms with E-state index in [-0.39, 0.29) is 18.2 Å². The van der Waals surface area contributed by atoms with Crippen molar-refractivity contribution in [3.8, 4) is 11.5 Å². The Balaban J connectivity index is 1.19. The zero-order valence-corrected chi connectivity index (χ0v) is 19.8. The van der Waals surface area contributed by atoms with Gasteiger partial charge in [0.2, 0.25) is 0 Å². The number of para-hydroxylation sites is 2. The van der Waals surface area contributed by atoms with E-state index in [0.717, 1.165) is 55.1 Å². The Morgan fingerprint density at radius 2 is 1.54 bits per heavy atom. The maximum atomic E-state index is 13.4. The first-order chi connectivity index (χ1) is 17.2. The summed E-state index contributed by atoms with van der Waals surface area (Å²) in [5, 5.41) is 3.38. The highest BCUT2D eigenvalue weighted by molar-refractivity contribution is 5.80. The van der Waals surface area contributed by atoms with E-state index in [0.29, 0.717) is 13.2 Å². The first-order valence-corrected chi connectivity index (χ1v) is 12.5. The lowest BCUT2D eigenvalue weighted by atomic mass is 9.83. The van der Waals surface area contributed by atoms with E-state index in [9.17, 15) is 4.79 Å². The summed E-state index contributed by atoms with van der Waals surface area (Å²) in [6.45, 7) is 3.82. The van der Waals surface area contributed by atoms with Gasteiger partial charge >= 0.3 is 6.03 Å². The second-order valence-corrected chi connectivity index (χ2v) is 9.75. The van der Waals surface area contributed by atoms with Gasteiger partial charge in [-0.15, -0.1) is 0 Å². The normalized spacial score (nSPS) is 23.7. The van der Waals surface area contributed by atoms with Gasteiger partial charge in [0, 0.05) is 19.1 Å². The molecule has 180 valence electrons. The predicted molar refractivity (Wildman–Crippen MR) is 135 cm³/mol. The van der Waals surface area contributed by atoms with Crippen LogP contribution in [0.25, 0.3) is 0 Å². The molecule has 3 aliphatic rings. The lowest BCUT2D eigenvalue weighted by molar-refractivity contribution is 0.0398. The molecule has 2 amide bonds. The molecule has 0 unspecified atom stereocenters. The molecule has 3 aliphatic heterocycles. The van der Waals surface area contributed by atoms with Crippen molar-refractivity contribution >= 4 is 6.03 Å². The fourth-order valence-corrected chi connectivity index (χ4v) is 5.75. The standard InChI is InChI=1S/C29H31N3O3/c33-28-30-29(22-10-3-1-4-11-22,23-12-5-2-6-13-23)21-32(28)24-14-9-17-31(18-24)19-25-20-34-26-15-7-8-16-27(26)35-25/h1-8,10-13,15-16,24-25H,9,14,17-21H2,(H,30,33)/t24-,25-/m0/s1. The average Bonchev–Trinajstić information content (AvgIpc) is 3.28. The van der Waals surface area contributed by atoms with Crippen molar-refractivity contribution in [2.45, 2.75) is 30.5 Å². The van der Waals surface area contributed by atoms with Gasteiger partial charge in [-0.1, -0.05) is 72.8 Å². The van der Waals surface area contributed by atoms with E-state index < -0.39 is 5.54 Å². The van der Waals surface area contributed by atoms with Crippen LogP contribution in [0.15, 0.2) is 84.9 Å². The minimum Gasteiger partial charge on any atom is -0.486 e. The van der Waals surface area contributed by atoms with Gasteiger partial charge in [0.25, 0.3) is 0 Å². The van der Waals surface area contributed by atoms with Crippen molar-refractivity contribution in [2.75, 3.05) is 32.8 Å². The number of rotatable bonds is 5. The quantitative estimate of drug-likeness (QED) is 0.607. The zero-order valence-electron chi connectivity index (χ0n) is 19.8. The Morgan fingerprint density at radius 3 is 2.26 bits per heavy atom. The van der Waals surface area contributed by atoms with E-state index in [2.05, 4.69) is 39.4 Å². The van der Waals surface area contributed by atoms with Gasteiger partial charge in [-0.3, -0.25) is 4.90 Å². The first kappa shape index (κ1) is 22.0. The molecular weight excluding hydrogens is 438 g/mol. The third kappa shape index (κ3) is 4.23. The Labute approximate surface area is 206 Å². The van der Waals surface area contributed by atoms with Gasteiger partial charge in [-0.05, 0) is 42.6 Å². The lowest BCUT2D eigenvalue weighted by Crippen LogP contribution is -2.52. The van der Waals surface area contributed by atoms with Gasteiger partial charge < -0.3 is 19.7 Å². The van der Waals surface area contributed by atoms with Crippen LogP contribution in [0.4, 0.5) is 4.79 Å². The Bertz CT molecular complexity index is 1130. The summed E-state index contributed by atoms with van der Waals surface area (Å²) in [6.07, 6.45) is 2.06. The molecule has 0 spiro atoms. The highest BCUT2D eigenvalue weighted by Crippen LogP contribution is 2.37. The first-order valence-electron chi connectivity index (χ1n) is 12.5. The topological polar surface area (TPSA) is 54.0 Å². The molecule has 2 saturated heterocycles. The number of nitrogens with one attached hydrogen (secondary N) is 1. The molecule has 6 heteroatoms. The number of carbonyl (C=O) groups is 1. The Morgan fingerprint density at radius 1 is 0.886 bits per heavy atom. The molecule has 0 radical (unpaired) electrons. The van der Waals surface area contributed by atoms with Crippen LogP contribution in [-0.4, -0.2) is 60.8 Å². The van der Waals surface area contributed by atoms with E-state index in [1.165, 1.54) is 0 Å². The number of piperidine rings is 1. The lowest BCUT2D eigenvalue weighted by Gasteiger charge is -2.39. The monoisotopic (exact) mass is 469 g/mol. The van der Waals surface area contributed by atoms with Crippen LogP contribution in [0.3, 0.4) is 0 Å². The molecular formula is C29H31N3O3. The van der Waals surface area contributed by atoms with Gasteiger partial charge in [-0.2, -0.15) is 0 Å². The van der Waals surface area contributed by atoms with Gasteiger partial charge in [0.1, 0.15) is 18.2 Å². The predicted octanol–water partition coefficient (Wildman–Crippen LogP) is 4.26. The summed E-state index contributed by atoms with van der Waals surface area (Å²) < 4.78 is 12.1. The third-order valence-electron chi connectivity index (χ3n) is 7.47. The summed E-state index contributed by atoms with van der Waals surface area (Å²) in [6, 6.07) is 28.7. The molecule has 3 aromatic rings. The average molecular weight is 470 g/mol. The van der Waals surface area contributed by atoms with Crippen LogP contribution in [0.1, 0.15) is 24.0 Å². The second kappa shape index (κ2) is 9.27. The number of likely N-dealkylation sites (tertiary alicyclic amines) is 1. The minimum absolute atomic E-state index is 0.00994. The summed E-state index contributed by atoms with van der Waals surface area (Å²) in [7, 11) is 0. The fourth-order valence-electron chi connectivity index (χ4n) is 5.75. The van der Waals surface area contributed by atoms with Crippen LogP contribution in [0.5, 0.6) is 11.5 Å². The number of amides is 2. The molecule has 3 heterocycles. The largest absolute Gasteiger partial charge is 0.486 e. The van der Waals surface area contributed by atoms with Gasteiger partial charge in [0.15, 0.2) is 11.5 Å². The van der Waals surface area contributed by atoms with Crippen LogP contribution >= 0.6 is 0 Å². The minimum atomic E-state index is -0.550. The Hall–Kier alpha value is -3.51. The maximum Gasteiger partial charge on any atom is 0.318 e. The number of hydrogen-bond acceptors (Lipinski definition) is 4. The molecule has 2 fully saturated rings. The molecule has 6 rings (SSSR count). The molecule has 6 nitrogen and oxygen atoms in total. The molecule has 2 atom stereocenters.